The lowest BCUT2D eigenvalue weighted by atomic mass is 10.1. The molecule has 2 heterocycles. The summed E-state index contributed by atoms with van der Waals surface area (Å²) in [6.45, 7) is 4.74. The molecule has 0 spiro atoms. The Bertz CT molecular complexity index is 840. The van der Waals surface area contributed by atoms with E-state index < -0.39 is 5.91 Å². The average molecular weight is 360 g/mol. The van der Waals surface area contributed by atoms with Crippen LogP contribution < -0.4 is 15.5 Å². The van der Waals surface area contributed by atoms with Crippen molar-refractivity contribution < 1.29 is 9.59 Å². The second-order valence-corrected chi connectivity index (χ2v) is 6.06. The number of amides is 3. The van der Waals surface area contributed by atoms with Crippen LogP contribution in [0, 0.1) is 6.92 Å². The van der Waals surface area contributed by atoms with Crippen molar-refractivity contribution in [1.82, 2.24) is 15.3 Å². The number of urea groups is 1. The molecule has 7 nitrogen and oxygen atoms in total. The van der Waals surface area contributed by atoms with E-state index >= 15 is 0 Å². The minimum Gasteiger partial charge on any atom is -0.338 e. The SMILES string of the molecule is CCNC(=O)N1CCc2ccc(NC(=O)c3nc(C)ncc3Cl)cc21. The van der Waals surface area contributed by atoms with Crippen molar-refractivity contribution in [1.29, 1.82) is 0 Å². The maximum Gasteiger partial charge on any atom is 0.321 e. The number of anilines is 2. The Kier molecular flexibility index (Phi) is 4.85. The van der Waals surface area contributed by atoms with E-state index in [4.69, 9.17) is 11.6 Å². The van der Waals surface area contributed by atoms with Gasteiger partial charge in [0, 0.05) is 18.8 Å². The summed E-state index contributed by atoms with van der Waals surface area (Å²) in [5, 5.41) is 5.76. The Morgan fingerprint density at radius 1 is 1.36 bits per heavy atom. The van der Waals surface area contributed by atoms with Gasteiger partial charge in [-0.05, 0) is 38.0 Å². The molecule has 0 aliphatic carbocycles. The van der Waals surface area contributed by atoms with Gasteiger partial charge in [-0.3, -0.25) is 9.69 Å². The van der Waals surface area contributed by atoms with Gasteiger partial charge in [-0.15, -0.1) is 0 Å². The van der Waals surface area contributed by atoms with E-state index in [9.17, 15) is 9.59 Å². The molecule has 130 valence electrons. The van der Waals surface area contributed by atoms with Gasteiger partial charge in [-0.1, -0.05) is 17.7 Å². The molecule has 2 N–H and O–H groups in total. The third-order valence-electron chi connectivity index (χ3n) is 3.89. The molecule has 0 saturated heterocycles. The van der Waals surface area contributed by atoms with E-state index in [2.05, 4.69) is 20.6 Å². The Morgan fingerprint density at radius 3 is 2.92 bits per heavy atom. The van der Waals surface area contributed by atoms with Gasteiger partial charge in [-0.2, -0.15) is 0 Å². The highest BCUT2D eigenvalue weighted by Crippen LogP contribution is 2.31. The Hall–Kier alpha value is -2.67. The average Bonchev–Trinajstić information content (AvgIpc) is 3.00. The number of fused-ring (bicyclic) bond motifs is 1. The molecular formula is C17H18ClN5O2. The minimum atomic E-state index is -0.419. The van der Waals surface area contributed by atoms with Crippen LogP contribution in [-0.4, -0.2) is 35.0 Å². The number of carbonyl (C=O) groups excluding carboxylic acids is 2. The number of rotatable bonds is 3. The maximum absolute atomic E-state index is 12.4. The predicted octanol–water partition coefficient (Wildman–Crippen LogP) is 2.78. The van der Waals surface area contributed by atoms with Crippen LogP contribution in [0.4, 0.5) is 16.2 Å². The van der Waals surface area contributed by atoms with Crippen molar-refractivity contribution in [2.24, 2.45) is 0 Å². The molecule has 2 aromatic rings. The van der Waals surface area contributed by atoms with Crippen molar-refractivity contribution in [2.45, 2.75) is 20.3 Å². The van der Waals surface area contributed by atoms with Gasteiger partial charge in [-0.25, -0.2) is 14.8 Å². The standard InChI is InChI=1S/C17H18ClN5O2/c1-3-19-17(25)23-7-6-11-4-5-12(8-14(11)23)22-16(24)15-13(18)9-20-10(2)21-15/h4-5,8-9H,3,6-7H2,1-2H3,(H,19,25)(H,22,24). The van der Waals surface area contributed by atoms with Gasteiger partial charge in [0.2, 0.25) is 0 Å². The number of aryl methyl sites for hydroxylation is 1. The zero-order valence-corrected chi connectivity index (χ0v) is 14.7. The van der Waals surface area contributed by atoms with E-state index in [0.717, 1.165) is 17.7 Å². The lowest BCUT2D eigenvalue weighted by Crippen LogP contribution is -2.38. The zero-order chi connectivity index (χ0) is 18.0. The lowest BCUT2D eigenvalue weighted by molar-refractivity contribution is 0.102. The summed E-state index contributed by atoms with van der Waals surface area (Å²) in [5.41, 5.74) is 2.57. The van der Waals surface area contributed by atoms with Crippen molar-refractivity contribution in [2.75, 3.05) is 23.3 Å². The van der Waals surface area contributed by atoms with E-state index in [0.29, 0.717) is 24.6 Å². The van der Waals surface area contributed by atoms with Crippen LogP contribution in [-0.2, 0) is 6.42 Å². The predicted molar refractivity (Wildman–Crippen MR) is 96.3 cm³/mol. The van der Waals surface area contributed by atoms with Gasteiger partial charge in [0.1, 0.15) is 5.82 Å². The Labute approximate surface area is 150 Å². The molecule has 0 radical (unpaired) electrons. The summed E-state index contributed by atoms with van der Waals surface area (Å²) < 4.78 is 0. The van der Waals surface area contributed by atoms with Crippen molar-refractivity contribution in [3.63, 3.8) is 0 Å². The smallest absolute Gasteiger partial charge is 0.321 e. The fourth-order valence-corrected chi connectivity index (χ4v) is 2.90. The van der Waals surface area contributed by atoms with Crippen LogP contribution in [0.1, 0.15) is 28.8 Å². The fraction of sp³-hybridized carbons (Fsp3) is 0.294. The van der Waals surface area contributed by atoms with Crippen LogP contribution in [0.15, 0.2) is 24.4 Å². The number of carbonyl (C=O) groups is 2. The molecular weight excluding hydrogens is 342 g/mol. The van der Waals surface area contributed by atoms with Crippen LogP contribution >= 0.6 is 11.6 Å². The first kappa shape index (κ1) is 17.2. The van der Waals surface area contributed by atoms with Crippen LogP contribution in [0.5, 0.6) is 0 Å². The van der Waals surface area contributed by atoms with Gasteiger partial charge in [0.25, 0.3) is 5.91 Å². The first-order valence-electron chi connectivity index (χ1n) is 7.98. The third kappa shape index (κ3) is 3.56. The second kappa shape index (κ2) is 7.06. The Balaban J connectivity index is 1.83. The molecule has 3 rings (SSSR count). The molecule has 0 fully saturated rings. The summed E-state index contributed by atoms with van der Waals surface area (Å²) in [4.78, 5) is 34.3. The van der Waals surface area contributed by atoms with E-state index in [1.807, 2.05) is 13.0 Å². The van der Waals surface area contributed by atoms with Crippen molar-refractivity contribution in [3.8, 4) is 0 Å². The number of aromatic nitrogens is 2. The molecule has 1 aromatic carbocycles. The van der Waals surface area contributed by atoms with Gasteiger partial charge in [0.15, 0.2) is 5.69 Å². The maximum atomic E-state index is 12.4. The quantitative estimate of drug-likeness (QED) is 0.882. The zero-order valence-electron chi connectivity index (χ0n) is 14.0. The number of nitrogens with one attached hydrogen (secondary N) is 2. The Morgan fingerprint density at radius 2 is 2.16 bits per heavy atom. The van der Waals surface area contributed by atoms with Crippen LogP contribution in [0.3, 0.4) is 0 Å². The third-order valence-corrected chi connectivity index (χ3v) is 4.17. The van der Waals surface area contributed by atoms with Gasteiger partial charge < -0.3 is 10.6 Å². The van der Waals surface area contributed by atoms with E-state index in [1.165, 1.54) is 6.20 Å². The lowest BCUT2D eigenvalue weighted by Gasteiger charge is -2.18. The van der Waals surface area contributed by atoms with Crippen molar-refractivity contribution >= 4 is 34.9 Å². The summed E-state index contributed by atoms with van der Waals surface area (Å²) in [5.74, 6) is 0.0453. The monoisotopic (exact) mass is 359 g/mol. The largest absolute Gasteiger partial charge is 0.338 e. The summed E-state index contributed by atoms with van der Waals surface area (Å²) in [6, 6.07) is 5.37. The molecule has 0 saturated carbocycles. The van der Waals surface area contributed by atoms with Crippen LogP contribution in [0.25, 0.3) is 0 Å². The summed E-state index contributed by atoms with van der Waals surface area (Å²) >= 11 is 6.00. The second-order valence-electron chi connectivity index (χ2n) is 5.65. The summed E-state index contributed by atoms with van der Waals surface area (Å²) in [6.07, 6.45) is 2.19. The molecule has 0 bridgehead atoms. The number of hydrogen-bond donors (Lipinski definition) is 2. The van der Waals surface area contributed by atoms with Gasteiger partial charge in [0.05, 0.1) is 16.9 Å². The molecule has 25 heavy (non-hydrogen) atoms. The molecule has 1 aliphatic rings. The molecule has 3 amide bonds. The molecule has 8 heteroatoms. The highest BCUT2D eigenvalue weighted by Gasteiger charge is 2.25. The summed E-state index contributed by atoms with van der Waals surface area (Å²) in [7, 11) is 0. The molecule has 1 aromatic heterocycles. The molecule has 0 unspecified atom stereocenters. The molecule has 0 atom stereocenters. The first-order valence-corrected chi connectivity index (χ1v) is 8.36. The normalized spacial score (nSPS) is 12.7. The number of benzene rings is 1. The number of halogens is 1. The van der Waals surface area contributed by atoms with Crippen molar-refractivity contribution in [3.05, 3.63) is 46.5 Å². The minimum absolute atomic E-state index is 0.121. The van der Waals surface area contributed by atoms with E-state index in [1.54, 1.807) is 24.0 Å². The number of hydrogen-bond acceptors (Lipinski definition) is 4. The van der Waals surface area contributed by atoms with Crippen LogP contribution in [0.2, 0.25) is 5.02 Å². The fourth-order valence-electron chi connectivity index (χ4n) is 2.72. The van der Waals surface area contributed by atoms with Gasteiger partial charge >= 0.3 is 6.03 Å². The van der Waals surface area contributed by atoms with E-state index in [-0.39, 0.29) is 16.7 Å². The number of nitrogens with zero attached hydrogens (tertiary/aromatic N) is 3. The molecule has 1 aliphatic heterocycles. The topological polar surface area (TPSA) is 87.2 Å². The first-order chi connectivity index (χ1) is 12.0. The highest BCUT2D eigenvalue weighted by atomic mass is 35.5. The highest BCUT2D eigenvalue weighted by molar-refractivity contribution is 6.33.